The first kappa shape index (κ1) is 14.5. The Hall–Kier alpha value is -0.540. The van der Waals surface area contributed by atoms with Crippen LogP contribution in [0.5, 0.6) is 0 Å². The Labute approximate surface area is 113 Å². The number of anilines is 1. The molecule has 96 valence electrons. The topological polar surface area (TPSA) is 29.3 Å². The van der Waals surface area contributed by atoms with Crippen molar-refractivity contribution in [2.45, 2.75) is 45.7 Å². The van der Waals surface area contributed by atoms with E-state index in [1.54, 1.807) is 0 Å². The van der Waals surface area contributed by atoms with E-state index < -0.39 is 0 Å². The summed E-state index contributed by atoms with van der Waals surface area (Å²) >= 11 is 3.51. The van der Waals surface area contributed by atoms with Crippen molar-refractivity contribution in [3.63, 3.8) is 0 Å². The van der Waals surface area contributed by atoms with Gasteiger partial charge >= 0.3 is 0 Å². The molecule has 0 aromatic heterocycles. The fraction of sp³-hybridized carbons (Fsp3) is 0.571. The Kier molecular flexibility index (Phi) is 5.47. The Morgan fingerprint density at radius 1 is 1.29 bits per heavy atom. The first-order chi connectivity index (χ1) is 8.01. The molecule has 0 saturated carbocycles. The molecule has 0 bridgehead atoms. The third kappa shape index (κ3) is 3.46. The van der Waals surface area contributed by atoms with Gasteiger partial charge in [-0.2, -0.15) is 0 Å². The normalized spacial score (nSPS) is 12.9. The molecule has 1 atom stereocenters. The number of hydrogen-bond donors (Lipinski definition) is 1. The number of benzene rings is 1. The molecule has 1 unspecified atom stereocenters. The first-order valence-corrected chi connectivity index (χ1v) is 7.08. The van der Waals surface area contributed by atoms with Crippen LogP contribution in [0.15, 0.2) is 22.7 Å². The van der Waals surface area contributed by atoms with Crippen LogP contribution in [0.2, 0.25) is 0 Å². The molecule has 0 saturated heterocycles. The van der Waals surface area contributed by atoms with Crippen molar-refractivity contribution in [1.29, 1.82) is 0 Å². The summed E-state index contributed by atoms with van der Waals surface area (Å²) in [6.07, 6.45) is 2.31. The van der Waals surface area contributed by atoms with Crippen molar-refractivity contribution in [1.82, 2.24) is 0 Å². The van der Waals surface area contributed by atoms with Crippen LogP contribution in [-0.2, 0) is 0 Å². The van der Waals surface area contributed by atoms with Gasteiger partial charge in [0.1, 0.15) is 0 Å². The van der Waals surface area contributed by atoms with E-state index in [1.807, 2.05) is 6.92 Å². The van der Waals surface area contributed by atoms with Crippen molar-refractivity contribution in [2.24, 2.45) is 5.73 Å². The van der Waals surface area contributed by atoms with Gasteiger partial charge in [-0.05, 0) is 43.5 Å². The van der Waals surface area contributed by atoms with Gasteiger partial charge in [-0.1, -0.05) is 29.8 Å². The van der Waals surface area contributed by atoms with Gasteiger partial charge in [-0.25, -0.2) is 0 Å². The molecule has 2 nitrogen and oxygen atoms in total. The summed E-state index contributed by atoms with van der Waals surface area (Å²) in [6, 6.07) is 6.99. The Morgan fingerprint density at radius 3 is 2.35 bits per heavy atom. The van der Waals surface area contributed by atoms with Crippen molar-refractivity contribution in [3.05, 3.63) is 28.2 Å². The number of nitrogens with two attached hydrogens (primary N) is 1. The Bertz CT molecular complexity index is 359. The third-order valence-electron chi connectivity index (χ3n) is 3.35. The summed E-state index contributed by atoms with van der Waals surface area (Å²) in [5, 5.41) is 0. The van der Waals surface area contributed by atoms with E-state index >= 15 is 0 Å². The average molecular weight is 299 g/mol. The van der Waals surface area contributed by atoms with E-state index in [-0.39, 0.29) is 6.04 Å². The molecule has 0 aliphatic rings. The number of rotatable bonds is 5. The van der Waals surface area contributed by atoms with E-state index in [4.69, 9.17) is 5.73 Å². The highest BCUT2D eigenvalue weighted by Crippen LogP contribution is 2.30. The van der Waals surface area contributed by atoms with E-state index in [0.29, 0.717) is 6.04 Å². The van der Waals surface area contributed by atoms with Gasteiger partial charge in [0.15, 0.2) is 0 Å². The lowest BCUT2D eigenvalue weighted by molar-refractivity contribution is 0.588. The highest BCUT2D eigenvalue weighted by molar-refractivity contribution is 9.10. The second-order valence-electron chi connectivity index (χ2n) is 4.57. The molecule has 0 fully saturated rings. The molecular formula is C14H23BrN2. The molecule has 0 aliphatic heterocycles. The van der Waals surface area contributed by atoms with Crippen LogP contribution in [-0.4, -0.2) is 13.1 Å². The minimum Gasteiger partial charge on any atom is -0.371 e. The van der Waals surface area contributed by atoms with Crippen LogP contribution in [0.4, 0.5) is 5.69 Å². The SMILES string of the molecule is CCC(CC)N(C)c1ccc(Br)cc1C(C)N. The van der Waals surface area contributed by atoms with Crippen molar-refractivity contribution in [3.8, 4) is 0 Å². The summed E-state index contributed by atoms with van der Waals surface area (Å²) in [5.41, 5.74) is 8.51. The molecule has 0 aliphatic carbocycles. The number of halogens is 1. The fourth-order valence-corrected chi connectivity index (χ4v) is 2.62. The first-order valence-electron chi connectivity index (χ1n) is 6.29. The lowest BCUT2D eigenvalue weighted by Crippen LogP contribution is -2.31. The predicted molar refractivity (Wildman–Crippen MR) is 79.5 cm³/mol. The van der Waals surface area contributed by atoms with Gasteiger partial charge in [-0.15, -0.1) is 0 Å². The molecule has 0 heterocycles. The lowest BCUT2D eigenvalue weighted by atomic mass is 10.0. The van der Waals surface area contributed by atoms with E-state index in [2.05, 4.69) is 59.9 Å². The summed E-state index contributed by atoms with van der Waals surface area (Å²) in [7, 11) is 2.16. The average Bonchev–Trinajstić information content (AvgIpc) is 2.30. The fourth-order valence-electron chi connectivity index (χ4n) is 2.24. The Morgan fingerprint density at radius 2 is 1.88 bits per heavy atom. The van der Waals surface area contributed by atoms with Gasteiger partial charge in [0.25, 0.3) is 0 Å². The molecule has 1 rings (SSSR count). The van der Waals surface area contributed by atoms with E-state index in [1.165, 1.54) is 11.3 Å². The van der Waals surface area contributed by atoms with Crippen LogP contribution in [0, 0.1) is 0 Å². The molecule has 1 aromatic carbocycles. The number of nitrogens with zero attached hydrogens (tertiary/aromatic N) is 1. The maximum atomic E-state index is 6.06. The monoisotopic (exact) mass is 298 g/mol. The van der Waals surface area contributed by atoms with Crippen LogP contribution < -0.4 is 10.6 Å². The summed E-state index contributed by atoms with van der Waals surface area (Å²) in [5.74, 6) is 0. The zero-order valence-electron chi connectivity index (χ0n) is 11.2. The van der Waals surface area contributed by atoms with Crippen LogP contribution >= 0.6 is 15.9 Å². The van der Waals surface area contributed by atoms with Crippen LogP contribution in [0.25, 0.3) is 0 Å². The quantitative estimate of drug-likeness (QED) is 0.887. The van der Waals surface area contributed by atoms with Gasteiger partial charge in [0.05, 0.1) is 0 Å². The maximum Gasteiger partial charge on any atom is 0.0415 e. The molecule has 3 heteroatoms. The van der Waals surface area contributed by atoms with E-state index in [9.17, 15) is 0 Å². The van der Waals surface area contributed by atoms with Gasteiger partial charge in [0, 0.05) is 29.3 Å². The molecule has 0 spiro atoms. The minimum atomic E-state index is 0.0549. The van der Waals surface area contributed by atoms with Crippen molar-refractivity contribution in [2.75, 3.05) is 11.9 Å². The zero-order valence-corrected chi connectivity index (χ0v) is 12.8. The highest BCUT2D eigenvalue weighted by atomic mass is 79.9. The van der Waals surface area contributed by atoms with Gasteiger partial charge in [0.2, 0.25) is 0 Å². The van der Waals surface area contributed by atoms with Crippen LogP contribution in [0.3, 0.4) is 0 Å². The number of hydrogen-bond acceptors (Lipinski definition) is 2. The third-order valence-corrected chi connectivity index (χ3v) is 3.84. The standard InChI is InChI=1S/C14H23BrN2/c1-5-12(6-2)17(4)14-8-7-11(15)9-13(14)10(3)16/h7-10,12H,5-6,16H2,1-4H3. The van der Waals surface area contributed by atoms with E-state index in [0.717, 1.165) is 17.3 Å². The second kappa shape index (κ2) is 6.41. The molecular weight excluding hydrogens is 276 g/mol. The van der Waals surface area contributed by atoms with Gasteiger partial charge in [-0.3, -0.25) is 0 Å². The second-order valence-corrected chi connectivity index (χ2v) is 5.49. The lowest BCUT2D eigenvalue weighted by Gasteiger charge is -2.31. The summed E-state index contributed by atoms with van der Waals surface area (Å²) in [4.78, 5) is 2.35. The minimum absolute atomic E-state index is 0.0549. The maximum absolute atomic E-state index is 6.06. The van der Waals surface area contributed by atoms with Gasteiger partial charge < -0.3 is 10.6 Å². The van der Waals surface area contributed by atoms with Crippen LogP contribution in [0.1, 0.15) is 45.2 Å². The molecule has 1 aromatic rings. The largest absolute Gasteiger partial charge is 0.371 e. The van der Waals surface area contributed by atoms with Crippen molar-refractivity contribution >= 4 is 21.6 Å². The Balaban J connectivity index is 3.11. The summed E-state index contributed by atoms with van der Waals surface area (Å²) < 4.78 is 1.09. The zero-order chi connectivity index (χ0) is 13.0. The smallest absolute Gasteiger partial charge is 0.0415 e. The van der Waals surface area contributed by atoms with Crippen molar-refractivity contribution < 1.29 is 0 Å². The molecule has 2 N–H and O–H groups in total. The molecule has 0 amide bonds. The summed E-state index contributed by atoms with van der Waals surface area (Å²) in [6.45, 7) is 6.50. The molecule has 17 heavy (non-hydrogen) atoms. The molecule has 0 radical (unpaired) electrons. The highest BCUT2D eigenvalue weighted by Gasteiger charge is 2.16. The predicted octanol–water partition coefficient (Wildman–Crippen LogP) is 4.09.